The van der Waals surface area contributed by atoms with Gasteiger partial charge in [0.25, 0.3) is 0 Å². The molecule has 0 unspecified atom stereocenters. The van der Waals surface area contributed by atoms with E-state index in [1.807, 2.05) is 0 Å². The Kier molecular flexibility index (Phi) is 5.00. The molecule has 40 valence electrons. The van der Waals surface area contributed by atoms with Crippen molar-refractivity contribution < 1.29 is 16.0 Å². The van der Waals surface area contributed by atoms with Crippen LogP contribution < -0.4 is 0 Å². The van der Waals surface area contributed by atoms with E-state index in [1.54, 1.807) is 0 Å². The quantitative estimate of drug-likeness (QED) is 0.456. The van der Waals surface area contributed by atoms with Crippen molar-refractivity contribution in [3.63, 3.8) is 0 Å². The van der Waals surface area contributed by atoms with E-state index in [2.05, 4.69) is 0 Å². The van der Waals surface area contributed by atoms with Crippen LogP contribution in [-0.2, 0) is 7.67 Å². The summed E-state index contributed by atoms with van der Waals surface area (Å²) in [6.45, 7) is 0. The topological polar surface area (TPSA) is 74.6 Å². The molecule has 0 aromatic carbocycles. The Morgan fingerprint density at radius 1 is 1.17 bits per heavy atom. The van der Waals surface area contributed by atoms with E-state index in [1.165, 1.54) is 0 Å². The SMILES string of the molecule is O=[Se](=O)(O)O.[BiH3]. The van der Waals surface area contributed by atoms with Gasteiger partial charge in [-0.15, -0.1) is 0 Å². The Hall–Kier alpha value is 0.923. The second-order valence-corrected chi connectivity index (χ2v) is 2.33. The molecule has 0 radical (unpaired) electrons. The molecule has 6 heteroatoms. The van der Waals surface area contributed by atoms with Gasteiger partial charge >= 0.3 is 55.6 Å². The van der Waals surface area contributed by atoms with Crippen LogP contribution >= 0.6 is 0 Å². The summed E-state index contributed by atoms with van der Waals surface area (Å²) in [5.74, 6) is 0. The van der Waals surface area contributed by atoms with Crippen molar-refractivity contribution in [1.29, 1.82) is 0 Å². The first-order valence-corrected chi connectivity index (χ1v) is 3.63. The maximum absolute atomic E-state index is 8.82. The van der Waals surface area contributed by atoms with E-state index < -0.39 is 13.4 Å². The van der Waals surface area contributed by atoms with E-state index in [0.717, 1.165) is 0 Å². The summed E-state index contributed by atoms with van der Waals surface area (Å²) < 4.78 is 31.9. The van der Waals surface area contributed by atoms with Crippen LogP contribution in [0.15, 0.2) is 0 Å². The van der Waals surface area contributed by atoms with Crippen LogP contribution in [0.25, 0.3) is 0 Å². The van der Waals surface area contributed by atoms with Gasteiger partial charge in [0.1, 0.15) is 0 Å². The van der Waals surface area contributed by atoms with Crippen LogP contribution in [0.4, 0.5) is 0 Å². The molecule has 0 rings (SSSR count). The molecule has 0 saturated heterocycles. The molecule has 0 aliphatic heterocycles. The summed E-state index contributed by atoms with van der Waals surface area (Å²) in [6, 6.07) is 0. The zero-order valence-corrected chi connectivity index (χ0v) is 10.0. The van der Waals surface area contributed by atoms with Crippen molar-refractivity contribution in [2.75, 3.05) is 0 Å². The van der Waals surface area contributed by atoms with Gasteiger partial charge in [0.05, 0.1) is 0 Å². The summed E-state index contributed by atoms with van der Waals surface area (Å²) in [7, 11) is 0. The van der Waals surface area contributed by atoms with Crippen molar-refractivity contribution in [2.45, 2.75) is 0 Å². The van der Waals surface area contributed by atoms with E-state index in [9.17, 15) is 0 Å². The third-order valence-corrected chi connectivity index (χ3v) is 0. The molecule has 0 fully saturated rings. The van der Waals surface area contributed by atoms with Crippen LogP contribution in [0.3, 0.4) is 0 Å². The minimum atomic E-state index is -5.25. The molecular formula is H5BiO4Se. The van der Waals surface area contributed by atoms with Crippen molar-refractivity contribution in [1.82, 2.24) is 0 Å². The average molecular weight is 357 g/mol. The molecule has 0 spiro atoms. The molecule has 0 amide bonds. The summed E-state index contributed by atoms with van der Waals surface area (Å²) in [5.41, 5.74) is 0. The van der Waals surface area contributed by atoms with Gasteiger partial charge < -0.3 is 0 Å². The molecule has 0 aromatic rings. The molecule has 0 bridgehead atoms. The van der Waals surface area contributed by atoms with E-state index >= 15 is 0 Å². The van der Waals surface area contributed by atoms with Crippen molar-refractivity contribution >= 4 is 39.6 Å². The maximum atomic E-state index is 8.82. The van der Waals surface area contributed by atoms with Crippen molar-refractivity contribution in [3.05, 3.63) is 0 Å². The Balaban J connectivity index is 0. The van der Waals surface area contributed by atoms with Gasteiger partial charge in [-0.25, -0.2) is 0 Å². The van der Waals surface area contributed by atoms with Gasteiger partial charge in [-0.1, -0.05) is 0 Å². The second-order valence-electron chi connectivity index (χ2n) is 0.448. The van der Waals surface area contributed by atoms with Crippen LogP contribution in [0.1, 0.15) is 0 Å². The summed E-state index contributed by atoms with van der Waals surface area (Å²) in [5, 5.41) is 0. The number of rotatable bonds is 0. The number of hydrogen-bond acceptors (Lipinski definition) is 2. The van der Waals surface area contributed by atoms with Gasteiger partial charge in [0, 0.05) is 0 Å². The van der Waals surface area contributed by atoms with Crippen molar-refractivity contribution in [2.24, 2.45) is 0 Å². The molecule has 2 N–H and O–H groups in total. The average Bonchev–Trinajstić information content (AvgIpc) is 0.722. The van der Waals surface area contributed by atoms with Gasteiger partial charge in [0.15, 0.2) is 0 Å². The third kappa shape index (κ3) is 89.0. The van der Waals surface area contributed by atoms with E-state index in [4.69, 9.17) is 16.0 Å². The van der Waals surface area contributed by atoms with Crippen LogP contribution in [0.5, 0.6) is 0 Å². The van der Waals surface area contributed by atoms with Crippen molar-refractivity contribution in [3.8, 4) is 0 Å². The molecular weight excluding hydrogens is 352 g/mol. The van der Waals surface area contributed by atoms with Gasteiger partial charge in [-0.05, 0) is 0 Å². The standard InChI is InChI=1S/Bi.H2O4Se.3H/c;1-5(2,3)4;;;/h;(H2,1,2,3,4);;;. The molecule has 0 saturated carbocycles. The zero-order valence-electron chi connectivity index (χ0n) is 2.83. The summed E-state index contributed by atoms with van der Waals surface area (Å²) >= 11 is -5.25. The van der Waals surface area contributed by atoms with E-state index in [0.29, 0.717) is 0 Å². The van der Waals surface area contributed by atoms with Crippen LogP contribution in [0.2, 0.25) is 0 Å². The Bertz CT molecular complexity index is 90.7. The van der Waals surface area contributed by atoms with Crippen LogP contribution in [-0.4, -0.2) is 47.9 Å². The molecule has 4 nitrogen and oxygen atoms in total. The first-order chi connectivity index (χ1) is 2.00. The first kappa shape index (κ1) is 10.0. The second kappa shape index (κ2) is 2.99. The monoisotopic (exact) mass is 358 g/mol. The molecule has 0 aliphatic rings. The molecule has 6 heavy (non-hydrogen) atoms. The molecule has 0 aromatic heterocycles. The van der Waals surface area contributed by atoms with E-state index in [-0.39, 0.29) is 26.2 Å². The third-order valence-electron chi connectivity index (χ3n) is 0. The fourth-order valence-electron chi connectivity index (χ4n) is 0. The zero-order chi connectivity index (χ0) is 4.50. The Labute approximate surface area is 55.6 Å². The van der Waals surface area contributed by atoms with Gasteiger partial charge in [-0.2, -0.15) is 0 Å². The Morgan fingerprint density at radius 3 is 1.17 bits per heavy atom. The number of hydrogen-bond donors (Lipinski definition) is 2. The molecule has 0 aliphatic carbocycles. The fraction of sp³-hybridized carbons (Fsp3) is 0. The minimum absolute atomic E-state index is 0. The Morgan fingerprint density at radius 2 is 1.17 bits per heavy atom. The predicted octanol–water partition coefficient (Wildman–Crippen LogP) is -2.92. The molecule has 0 heterocycles. The molecule has 0 atom stereocenters. The first-order valence-electron chi connectivity index (χ1n) is 0.698. The summed E-state index contributed by atoms with van der Waals surface area (Å²) in [4.78, 5) is 0. The normalized spacial score (nSPS) is 9.67. The van der Waals surface area contributed by atoms with Gasteiger partial charge in [0.2, 0.25) is 0 Å². The predicted molar refractivity (Wildman–Crippen MR) is 21.5 cm³/mol. The van der Waals surface area contributed by atoms with Gasteiger partial charge in [-0.3, -0.25) is 0 Å². The summed E-state index contributed by atoms with van der Waals surface area (Å²) in [6.07, 6.45) is 0. The van der Waals surface area contributed by atoms with Crippen LogP contribution in [0, 0.1) is 0 Å². The fourth-order valence-corrected chi connectivity index (χ4v) is 0.